The number of nitrogens with zero attached hydrogens (tertiary/aromatic N) is 6. The molecule has 5 aliphatic rings. The molecule has 4 atom stereocenters. The van der Waals surface area contributed by atoms with E-state index in [1.165, 1.54) is 22.3 Å². The van der Waals surface area contributed by atoms with Crippen LogP contribution in [0.4, 0.5) is 0 Å². The van der Waals surface area contributed by atoms with E-state index in [1.54, 1.807) is 0 Å². The van der Waals surface area contributed by atoms with Crippen molar-refractivity contribution in [3.05, 3.63) is 71.6 Å². The maximum atomic E-state index is 13.9. The van der Waals surface area contributed by atoms with Crippen LogP contribution in [0.2, 0.25) is 0 Å². The molecular weight excluding hydrogens is 717 g/mol. The van der Waals surface area contributed by atoms with Crippen molar-refractivity contribution in [3.63, 3.8) is 0 Å². The van der Waals surface area contributed by atoms with Crippen LogP contribution in [0.3, 0.4) is 0 Å². The van der Waals surface area contributed by atoms with Gasteiger partial charge in [0.1, 0.15) is 23.7 Å². The molecular formula is C43H54N12O2. The minimum atomic E-state index is -0.354. The van der Waals surface area contributed by atoms with Crippen LogP contribution in [0.15, 0.2) is 58.8 Å². The van der Waals surface area contributed by atoms with Crippen LogP contribution in [0.5, 0.6) is 0 Å². The van der Waals surface area contributed by atoms with Gasteiger partial charge in [-0.25, -0.2) is 9.97 Å². The molecule has 6 N–H and O–H groups in total. The van der Waals surface area contributed by atoms with Crippen LogP contribution < -0.4 is 21.3 Å². The van der Waals surface area contributed by atoms with Gasteiger partial charge in [0.05, 0.1) is 49.0 Å². The highest BCUT2D eigenvalue weighted by molar-refractivity contribution is 5.91. The summed E-state index contributed by atoms with van der Waals surface area (Å²) < 4.78 is 0. The molecule has 4 aromatic rings. The minimum Gasteiger partial charge on any atom is -0.355 e. The van der Waals surface area contributed by atoms with Crippen LogP contribution in [0.1, 0.15) is 88.2 Å². The quantitative estimate of drug-likeness (QED) is 0.121. The van der Waals surface area contributed by atoms with E-state index >= 15 is 0 Å². The van der Waals surface area contributed by atoms with Gasteiger partial charge in [-0.1, -0.05) is 52.0 Å². The maximum Gasteiger partial charge on any atom is 0.246 e. The van der Waals surface area contributed by atoms with Gasteiger partial charge in [-0.15, -0.1) is 0 Å². The molecule has 4 aliphatic heterocycles. The fourth-order valence-electron chi connectivity index (χ4n) is 9.15. The summed E-state index contributed by atoms with van der Waals surface area (Å²) in [6.07, 6.45) is 8.29. The molecule has 0 radical (unpaired) electrons. The molecule has 2 fully saturated rings. The predicted molar refractivity (Wildman–Crippen MR) is 221 cm³/mol. The number of imidazole rings is 2. The van der Waals surface area contributed by atoms with Crippen LogP contribution in [-0.2, 0) is 16.0 Å². The van der Waals surface area contributed by atoms with E-state index in [1.807, 2.05) is 22.2 Å². The normalized spacial score (nSPS) is 20.9. The number of aliphatic imine (C=N–C) groups is 2. The first-order valence-corrected chi connectivity index (χ1v) is 20.8. The van der Waals surface area contributed by atoms with Crippen LogP contribution in [-0.4, -0.2) is 105 Å². The van der Waals surface area contributed by atoms with Crippen LogP contribution in [0.25, 0.3) is 33.6 Å². The SMILES string of the molecule is CC(C)[C@H](NC1=NCCN1)C(=O)N1CCC[C@@H]1c1ncc(-c2ccc3c(c2)Cc2cc(-c4cnc([C@H]5CCCN5C(=O)[C@@H](NC5=NCCN5)C(C)C)[nH]4)ccc2-3)[nH]1. The van der Waals surface area contributed by atoms with Crippen molar-refractivity contribution >= 4 is 23.7 Å². The minimum absolute atomic E-state index is 0.0892. The van der Waals surface area contributed by atoms with E-state index < -0.39 is 0 Å². The third kappa shape index (κ3) is 7.14. The maximum absolute atomic E-state index is 13.9. The molecule has 2 aromatic carbocycles. The van der Waals surface area contributed by atoms with Gasteiger partial charge in [0.15, 0.2) is 11.9 Å². The summed E-state index contributed by atoms with van der Waals surface area (Å²) in [5, 5.41) is 13.2. The summed E-state index contributed by atoms with van der Waals surface area (Å²) >= 11 is 0. The number of hydrogen-bond donors (Lipinski definition) is 6. The van der Waals surface area contributed by atoms with E-state index in [9.17, 15) is 9.59 Å². The third-order valence-corrected chi connectivity index (χ3v) is 12.2. The Morgan fingerprint density at radius 3 is 1.54 bits per heavy atom. The second kappa shape index (κ2) is 15.4. The Morgan fingerprint density at radius 2 is 1.14 bits per heavy atom. The number of carbonyl (C=O) groups is 2. The molecule has 2 saturated heterocycles. The van der Waals surface area contributed by atoms with E-state index in [2.05, 4.69) is 105 Å². The summed E-state index contributed by atoms with van der Waals surface area (Å²) in [6, 6.07) is 12.4. The predicted octanol–water partition coefficient (Wildman–Crippen LogP) is 4.51. The van der Waals surface area contributed by atoms with Gasteiger partial charge in [0, 0.05) is 26.2 Å². The zero-order chi connectivity index (χ0) is 39.2. The van der Waals surface area contributed by atoms with Crippen molar-refractivity contribution < 1.29 is 9.59 Å². The molecule has 1 aliphatic carbocycles. The number of guanidine groups is 2. The van der Waals surface area contributed by atoms with Gasteiger partial charge in [0.2, 0.25) is 11.8 Å². The van der Waals surface area contributed by atoms with Gasteiger partial charge in [-0.2, -0.15) is 0 Å². The van der Waals surface area contributed by atoms with Gasteiger partial charge in [-0.05, 0) is 89.5 Å². The molecule has 298 valence electrons. The topological polar surface area (TPSA) is 171 Å². The zero-order valence-electron chi connectivity index (χ0n) is 33.4. The summed E-state index contributed by atoms with van der Waals surface area (Å²) in [5.41, 5.74) is 9.13. The standard InChI is InChI=1S/C43H54N12O2/c1-24(2)36(52-42-44-13-14-45-42)40(56)54-17-5-7-34(54)38-48-22-32(50-38)26-9-11-30-28(19-26)21-29-20-27(10-12-31(29)30)33-23-49-39(51-33)35-8-6-18-55(35)41(57)37(25(3)4)53-43-46-15-16-47-43/h9-12,19-20,22-25,34-37H,5-8,13-18,21H2,1-4H3,(H,48,50)(H,49,51)(H2,44,45,52)(H2,46,47,53)/t34-,35-,36+,37+/m1/s1. The average Bonchev–Trinajstić information content (AvgIpc) is 4.05. The van der Waals surface area contributed by atoms with Crippen molar-refractivity contribution in [1.29, 1.82) is 0 Å². The molecule has 6 heterocycles. The van der Waals surface area contributed by atoms with Gasteiger partial charge >= 0.3 is 0 Å². The Bertz CT molecular complexity index is 2060. The number of aromatic nitrogens is 4. The Kier molecular flexibility index (Phi) is 9.95. The first kappa shape index (κ1) is 36.9. The third-order valence-electron chi connectivity index (χ3n) is 12.2. The molecule has 0 spiro atoms. The molecule has 57 heavy (non-hydrogen) atoms. The number of aromatic amines is 2. The summed E-state index contributed by atoms with van der Waals surface area (Å²) in [7, 11) is 0. The zero-order valence-corrected chi connectivity index (χ0v) is 33.4. The molecule has 2 aromatic heterocycles. The Balaban J connectivity index is 0.880. The summed E-state index contributed by atoms with van der Waals surface area (Å²) in [5.74, 6) is 3.49. The number of nitrogens with one attached hydrogen (secondary N) is 6. The number of amides is 2. The molecule has 14 heteroatoms. The smallest absolute Gasteiger partial charge is 0.246 e. The van der Waals surface area contributed by atoms with Gasteiger partial charge in [0.25, 0.3) is 0 Å². The monoisotopic (exact) mass is 770 g/mol. The Morgan fingerprint density at radius 1 is 0.684 bits per heavy atom. The number of rotatable bonds is 10. The lowest BCUT2D eigenvalue weighted by molar-refractivity contribution is -0.136. The van der Waals surface area contributed by atoms with E-state index in [-0.39, 0.29) is 47.8 Å². The Hall–Kier alpha value is -5.66. The largest absolute Gasteiger partial charge is 0.355 e. The number of hydrogen-bond acceptors (Lipinski definition) is 10. The van der Waals surface area contributed by atoms with Crippen molar-refractivity contribution in [3.8, 4) is 33.6 Å². The van der Waals surface area contributed by atoms with Gasteiger partial charge in [-0.3, -0.25) is 19.6 Å². The van der Waals surface area contributed by atoms with Crippen molar-refractivity contribution in [2.24, 2.45) is 21.8 Å². The highest BCUT2D eigenvalue weighted by atomic mass is 16.2. The fraction of sp³-hybridized carbons (Fsp3) is 0.488. The second-order valence-electron chi connectivity index (χ2n) is 16.7. The van der Waals surface area contributed by atoms with E-state index in [4.69, 9.17) is 9.97 Å². The van der Waals surface area contributed by atoms with E-state index in [0.717, 1.165) is 92.4 Å². The van der Waals surface area contributed by atoms with Gasteiger partial charge < -0.3 is 41.0 Å². The fourth-order valence-corrected chi connectivity index (χ4v) is 9.15. The van der Waals surface area contributed by atoms with Crippen molar-refractivity contribution in [1.82, 2.24) is 51.0 Å². The van der Waals surface area contributed by atoms with Crippen LogP contribution >= 0.6 is 0 Å². The highest BCUT2D eigenvalue weighted by Crippen LogP contribution is 2.41. The number of fused-ring (bicyclic) bond motifs is 3. The number of carbonyl (C=O) groups excluding carboxylic acids is 2. The van der Waals surface area contributed by atoms with Crippen molar-refractivity contribution in [2.45, 2.75) is 84.0 Å². The molecule has 0 unspecified atom stereocenters. The number of H-pyrrole nitrogens is 2. The molecule has 0 saturated carbocycles. The second-order valence-corrected chi connectivity index (χ2v) is 16.7. The molecule has 14 nitrogen and oxygen atoms in total. The Labute approximate surface area is 333 Å². The molecule has 0 bridgehead atoms. The lowest BCUT2D eigenvalue weighted by Crippen LogP contribution is -2.53. The lowest BCUT2D eigenvalue weighted by atomic mass is 10.0. The molecule has 9 rings (SSSR count). The molecule has 2 amide bonds. The van der Waals surface area contributed by atoms with Crippen LogP contribution in [0, 0.1) is 11.8 Å². The lowest BCUT2D eigenvalue weighted by Gasteiger charge is -2.30. The average molecular weight is 771 g/mol. The first-order chi connectivity index (χ1) is 27.7. The number of benzene rings is 2. The first-order valence-electron chi connectivity index (χ1n) is 20.8. The highest BCUT2D eigenvalue weighted by Gasteiger charge is 2.39. The summed E-state index contributed by atoms with van der Waals surface area (Å²) in [6.45, 7) is 12.8. The van der Waals surface area contributed by atoms with E-state index in [0.29, 0.717) is 25.0 Å². The number of likely N-dealkylation sites (tertiary alicyclic amines) is 2. The van der Waals surface area contributed by atoms with Crippen molar-refractivity contribution in [2.75, 3.05) is 39.3 Å². The summed E-state index contributed by atoms with van der Waals surface area (Å²) in [4.78, 5) is 57.5.